The van der Waals surface area contributed by atoms with Gasteiger partial charge in [-0.3, -0.25) is 0 Å². The predicted molar refractivity (Wildman–Crippen MR) is 77.6 cm³/mol. The van der Waals surface area contributed by atoms with Crippen molar-refractivity contribution < 1.29 is 14.6 Å². The Hall–Kier alpha value is -1.23. The lowest BCUT2D eigenvalue weighted by Crippen LogP contribution is -1.96. The minimum atomic E-state index is -1.00. The third-order valence-electron chi connectivity index (χ3n) is 2.24. The highest BCUT2D eigenvalue weighted by Crippen LogP contribution is 2.33. The van der Waals surface area contributed by atoms with Gasteiger partial charge in [-0.1, -0.05) is 23.2 Å². The summed E-state index contributed by atoms with van der Waals surface area (Å²) >= 11 is 15.0. The van der Waals surface area contributed by atoms with E-state index in [1.54, 1.807) is 24.3 Å². The molecule has 1 N–H and O–H groups in total. The Kier molecular flexibility index (Phi) is 4.34. The van der Waals surface area contributed by atoms with Gasteiger partial charge >= 0.3 is 5.97 Å². The van der Waals surface area contributed by atoms with Gasteiger partial charge in [-0.15, -0.1) is 0 Å². The minimum Gasteiger partial charge on any atom is -0.478 e. The molecule has 0 aliphatic rings. The number of hydrogen-bond donors (Lipinski definition) is 1. The second kappa shape index (κ2) is 5.82. The van der Waals surface area contributed by atoms with Gasteiger partial charge in [-0.05, 0) is 52.3 Å². The SMILES string of the molecule is O=C(O)c1ccc(Oc2cc(Cl)cc(Cl)c2)c(Br)c1. The molecule has 0 aliphatic heterocycles. The van der Waals surface area contributed by atoms with E-state index in [4.69, 9.17) is 33.0 Å². The van der Waals surface area contributed by atoms with Gasteiger partial charge in [0.2, 0.25) is 0 Å². The van der Waals surface area contributed by atoms with Crippen LogP contribution in [0.25, 0.3) is 0 Å². The monoisotopic (exact) mass is 360 g/mol. The first-order valence-electron chi connectivity index (χ1n) is 5.12. The second-order valence-electron chi connectivity index (χ2n) is 3.66. The molecule has 2 aromatic carbocycles. The normalized spacial score (nSPS) is 10.3. The molecule has 0 unspecified atom stereocenters. The first kappa shape index (κ1) is 14.2. The molecule has 0 amide bonds. The fourth-order valence-corrected chi connectivity index (χ4v) is 2.40. The summed E-state index contributed by atoms with van der Waals surface area (Å²) in [5.41, 5.74) is 0.170. The zero-order chi connectivity index (χ0) is 14.0. The first-order valence-corrected chi connectivity index (χ1v) is 6.67. The van der Waals surface area contributed by atoms with E-state index >= 15 is 0 Å². The standard InChI is InChI=1S/C13H7BrCl2O3/c14-11-3-7(13(17)18)1-2-12(11)19-10-5-8(15)4-9(16)6-10/h1-6H,(H,17,18). The van der Waals surface area contributed by atoms with E-state index in [2.05, 4.69) is 15.9 Å². The van der Waals surface area contributed by atoms with Crippen LogP contribution >= 0.6 is 39.1 Å². The summed E-state index contributed by atoms with van der Waals surface area (Å²) in [5.74, 6) is -0.0531. The van der Waals surface area contributed by atoms with Crippen LogP contribution in [0.2, 0.25) is 10.0 Å². The van der Waals surface area contributed by atoms with Crippen molar-refractivity contribution in [3.8, 4) is 11.5 Å². The lowest BCUT2D eigenvalue weighted by Gasteiger charge is -2.09. The van der Waals surface area contributed by atoms with Crippen molar-refractivity contribution in [1.82, 2.24) is 0 Å². The quantitative estimate of drug-likeness (QED) is 0.812. The maximum Gasteiger partial charge on any atom is 0.335 e. The number of halogens is 3. The molecule has 0 fully saturated rings. The molecule has 0 heterocycles. The Morgan fingerprint density at radius 1 is 1.11 bits per heavy atom. The van der Waals surface area contributed by atoms with E-state index in [0.29, 0.717) is 26.0 Å². The largest absolute Gasteiger partial charge is 0.478 e. The average Bonchev–Trinajstić information content (AvgIpc) is 2.30. The van der Waals surface area contributed by atoms with Crippen molar-refractivity contribution in [2.45, 2.75) is 0 Å². The molecule has 0 saturated carbocycles. The third-order valence-corrected chi connectivity index (χ3v) is 3.30. The summed E-state index contributed by atoms with van der Waals surface area (Å²) in [6.07, 6.45) is 0. The van der Waals surface area contributed by atoms with Gasteiger partial charge in [0.15, 0.2) is 0 Å². The summed E-state index contributed by atoms with van der Waals surface area (Å²) in [4.78, 5) is 10.8. The second-order valence-corrected chi connectivity index (χ2v) is 5.38. The molecule has 19 heavy (non-hydrogen) atoms. The van der Waals surface area contributed by atoms with Gasteiger partial charge < -0.3 is 9.84 Å². The van der Waals surface area contributed by atoms with Crippen LogP contribution < -0.4 is 4.74 Å². The third kappa shape index (κ3) is 3.62. The molecule has 3 nitrogen and oxygen atoms in total. The number of carboxylic acid groups (broad SMARTS) is 1. The fraction of sp³-hybridized carbons (Fsp3) is 0. The molecule has 0 aromatic heterocycles. The van der Waals surface area contributed by atoms with Crippen LogP contribution in [0.5, 0.6) is 11.5 Å². The number of carboxylic acids is 1. The Balaban J connectivity index is 2.30. The van der Waals surface area contributed by atoms with Gasteiger partial charge in [0, 0.05) is 10.0 Å². The Labute approximate surface area is 127 Å². The van der Waals surface area contributed by atoms with Gasteiger partial charge in [0.05, 0.1) is 10.0 Å². The minimum absolute atomic E-state index is 0.170. The van der Waals surface area contributed by atoms with Crippen LogP contribution in [-0.2, 0) is 0 Å². The van der Waals surface area contributed by atoms with E-state index in [-0.39, 0.29) is 5.56 Å². The smallest absolute Gasteiger partial charge is 0.335 e. The maximum atomic E-state index is 10.8. The van der Waals surface area contributed by atoms with E-state index in [1.165, 1.54) is 12.1 Å². The van der Waals surface area contributed by atoms with Gasteiger partial charge in [0.25, 0.3) is 0 Å². The molecule has 0 bridgehead atoms. The van der Waals surface area contributed by atoms with E-state index in [9.17, 15) is 4.79 Å². The summed E-state index contributed by atoms with van der Waals surface area (Å²) in [6, 6.07) is 9.30. The van der Waals surface area contributed by atoms with Crippen molar-refractivity contribution in [3.05, 3.63) is 56.5 Å². The Morgan fingerprint density at radius 3 is 2.26 bits per heavy atom. The molecule has 2 rings (SSSR count). The first-order chi connectivity index (χ1) is 8.95. The molecule has 0 spiro atoms. The summed E-state index contributed by atoms with van der Waals surface area (Å²) in [7, 11) is 0. The van der Waals surface area contributed by atoms with Crippen LogP contribution in [0.4, 0.5) is 0 Å². The van der Waals surface area contributed by atoms with Crippen LogP contribution in [-0.4, -0.2) is 11.1 Å². The lowest BCUT2D eigenvalue weighted by molar-refractivity contribution is 0.0697. The van der Waals surface area contributed by atoms with Crippen LogP contribution in [0.1, 0.15) is 10.4 Å². The van der Waals surface area contributed by atoms with E-state index in [1.807, 2.05) is 0 Å². The number of rotatable bonds is 3. The van der Waals surface area contributed by atoms with Crippen LogP contribution in [0, 0.1) is 0 Å². The number of ether oxygens (including phenoxy) is 1. The molecule has 0 aliphatic carbocycles. The fourth-order valence-electron chi connectivity index (χ4n) is 1.43. The molecule has 2 aromatic rings. The van der Waals surface area contributed by atoms with Crippen molar-refractivity contribution >= 4 is 45.1 Å². The zero-order valence-corrected chi connectivity index (χ0v) is 12.5. The Bertz CT molecular complexity index is 624. The molecule has 98 valence electrons. The van der Waals surface area contributed by atoms with E-state index in [0.717, 1.165) is 0 Å². The molecule has 0 radical (unpaired) electrons. The molecule has 0 atom stereocenters. The van der Waals surface area contributed by atoms with Gasteiger partial charge in [-0.2, -0.15) is 0 Å². The number of aromatic carboxylic acids is 1. The molecular weight excluding hydrogens is 355 g/mol. The van der Waals surface area contributed by atoms with Crippen molar-refractivity contribution in [1.29, 1.82) is 0 Å². The highest BCUT2D eigenvalue weighted by molar-refractivity contribution is 9.10. The molecular formula is C13H7BrCl2O3. The predicted octanol–water partition coefficient (Wildman–Crippen LogP) is 5.25. The summed E-state index contributed by atoms with van der Waals surface area (Å²) in [6.45, 7) is 0. The van der Waals surface area contributed by atoms with Gasteiger partial charge in [-0.25, -0.2) is 4.79 Å². The topological polar surface area (TPSA) is 46.5 Å². The number of carbonyl (C=O) groups is 1. The van der Waals surface area contributed by atoms with E-state index < -0.39 is 5.97 Å². The zero-order valence-electron chi connectivity index (χ0n) is 9.36. The van der Waals surface area contributed by atoms with Crippen molar-refractivity contribution in [2.24, 2.45) is 0 Å². The maximum absolute atomic E-state index is 10.8. The summed E-state index contributed by atoms with van der Waals surface area (Å²) < 4.78 is 6.13. The molecule has 0 saturated heterocycles. The van der Waals surface area contributed by atoms with Crippen LogP contribution in [0.15, 0.2) is 40.9 Å². The lowest BCUT2D eigenvalue weighted by atomic mass is 10.2. The Morgan fingerprint density at radius 2 is 1.74 bits per heavy atom. The van der Waals surface area contributed by atoms with Gasteiger partial charge in [0.1, 0.15) is 11.5 Å². The highest BCUT2D eigenvalue weighted by Gasteiger charge is 2.09. The molecule has 6 heteroatoms. The van der Waals surface area contributed by atoms with Crippen molar-refractivity contribution in [3.63, 3.8) is 0 Å². The van der Waals surface area contributed by atoms with Crippen LogP contribution in [0.3, 0.4) is 0 Å². The highest BCUT2D eigenvalue weighted by atomic mass is 79.9. The number of benzene rings is 2. The average molecular weight is 362 g/mol. The van der Waals surface area contributed by atoms with Crippen molar-refractivity contribution in [2.75, 3.05) is 0 Å². The number of hydrogen-bond acceptors (Lipinski definition) is 2. The summed E-state index contributed by atoms with van der Waals surface area (Å²) in [5, 5.41) is 9.78.